The Morgan fingerprint density at radius 1 is 0.952 bits per heavy atom. The summed E-state index contributed by atoms with van der Waals surface area (Å²) in [5.74, 6) is 0. The lowest BCUT2D eigenvalue weighted by molar-refractivity contribution is 0.241. The molecule has 0 bridgehead atoms. The summed E-state index contributed by atoms with van der Waals surface area (Å²) >= 11 is 0. The third kappa shape index (κ3) is 4.93. The molecule has 0 spiro atoms. The Hall–Kier alpha value is -1.76. The molecule has 0 aromatic heterocycles. The normalized spacial score (nSPS) is 11.8. The molecule has 21 heavy (non-hydrogen) atoms. The van der Waals surface area contributed by atoms with Gasteiger partial charge in [-0.15, -0.1) is 0 Å². The molecule has 0 aliphatic carbocycles. The van der Waals surface area contributed by atoms with Crippen LogP contribution in [-0.2, 0) is 4.74 Å². The van der Waals surface area contributed by atoms with Gasteiger partial charge < -0.3 is 4.74 Å². The molecule has 0 fully saturated rings. The molecule has 0 aliphatic heterocycles. The van der Waals surface area contributed by atoms with Crippen molar-refractivity contribution in [2.24, 2.45) is 0 Å². The summed E-state index contributed by atoms with van der Waals surface area (Å²) < 4.78 is 5.68. The summed E-state index contributed by atoms with van der Waals surface area (Å²) in [6.07, 6.45) is 8.29. The standard InChI is InChI=1S/C20H26O/c1-3-4-5-6-9-14-21-16-17(2)19-13-12-18-10-7-8-11-20(18)15-19/h7-8,10-13,15-16H,3-6,9,14H2,1-2H3. The highest BCUT2D eigenvalue weighted by atomic mass is 16.5. The molecule has 0 unspecified atom stereocenters. The molecular weight excluding hydrogens is 256 g/mol. The second kappa shape index (κ2) is 8.51. The van der Waals surface area contributed by atoms with E-state index in [1.54, 1.807) is 0 Å². The number of benzene rings is 2. The zero-order valence-corrected chi connectivity index (χ0v) is 13.3. The molecular formula is C20H26O. The minimum atomic E-state index is 0.828. The van der Waals surface area contributed by atoms with Crippen molar-refractivity contribution in [1.82, 2.24) is 0 Å². The van der Waals surface area contributed by atoms with E-state index >= 15 is 0 Å². The lowest BCUT2D eigenvalue weighted by Gasteiger charge is -2.06. The average molecular weight is 282 g/mol. The van der Waals surface area contributed by atoms with Gasteiger partial charge in [-0.3, -0.25) is 0 Å². The maximum atomic E-state index is 5.68. The Kier molecular flexibility index (Phi) is 6.33. The van der Waals surface area contributed by atoms with E-state index in [4.69, 9.17) is 4.74 Å². The van der Waals surface area contributed by atoms with Crippen LogP contribution < -0.4 is 0 Å². The zero-order valence-electron chi connectivity index (χ0n) is 13.3. The van der Waals surface area contributed by atoms with Crippen molar-refractivity contribution >= 4 is 16.3 Å². The Morgan fingerprint density at radius 3 is 2.52 bits per heavy atom. The van der Waals surface area contributed by atoms with Crippen LogP contribution in [0.3, 0.4) is 0 Å². The van der Waals surface area contributed by atoms with Gasteiger partial charge in [0.15, 0.2) is 0 Å². The van der Waals surface area contributed by atoms with Crippen molar-refractivity contribution < 1.29 is 4.74 Å². The minimum Gasteiger partial charge on any atom is -0.501 e. The molecule has 2 aromatic rings. The van der Waals surface area contributed by atoms with Crippen LogP contribution in [0.2, 0.25) is 0 Å². The zero-order chi connectivity index (χ0) is 14.9. The van der Waals surface area contributed by atoms with Crippen LogP contribution >= 0.6 is 0 Å². The fourth-order valence-electron chi connectivity index (χ4n) is 2.48. The summed E-state index contributed by atoms with van der Waals surface area (Å²) in [5, 5.41) is 2.56. The predicted octanol–water partition coefficient (Wildman–Crippen LogP) is 6.19. The number of hydrogen-bond donors (Lipinski definition) is 0. The molecule has 0 amide bonds. The summed E-state index contributed by atoms with van der Waals surface area (Å²) in [6, 6.07) is 15.0. The second-order valence-corrected chi connectivity index (χ2v) is 5.65. The van der Waals surface area contributed by atoms with Gasteiger partial charge in [0.05, 0.1) is 12.9 Å². The molecule has 0 heterocycles. The monoisotopic (exact) mass is 282 g/mol. The number of fused-ring (bicyclic) bond motifs is 1. The summed E-state index contributed by atoms with van der Waals surface area (Å²) in [7, 11) is 0. The van der Waals surface area contributed by atoms with Gasteiger partial charge in [-0.1, -0.05) is 69.0 Å². The van der Waals surface area contributed by atoms with E-state index < -0.39 is 0 Å². The summed E-state index contributed by atoms with van der Waals surface area (Å²) in [6.45, 7) is 5.18. The maximum Gasteiger partial charge on any atom is 0.0873 e. The fourth-order valence-corrected chi connectivity index (χ4v) is 2.48. The molecule has 0 atom stereocenters. The number of unbranched alkanes of at least 4 members (excludes halogenated alkanes) is 4. The second-order valence-electron chi connectivity index (χ2n) is 5.65. The first-order valence-electron chi connectivity index (χ1n) is 8.09. The number of ether oxygens (including phenoxy) is 1. The first-order valence-corrected chi connectivity index (χ1v) is 8.09. The topological polar surface area (TPSA) is 9.23 Å². The van der Waals surface area contributed by atoms with Crippen LogP contribution in [0.5, 0.6) is 0 Å². The Morgan fingerprint density at radius 2 is 1.71 bits per heavy atom. The van der Waals surface area contributed by atoms with E-state index in [1.807, 2.05) is 6.26 Å². The van der Waals surface area contributed by atoms with Crippen molar-refractivity contribution in [3.63, 3.8) is 0 Å². The van der Waals surface area contributed by atoms with Gasteiger partial charge in [0, 0.05) is 0 Å². The Bertz CT molecular complexity index is 583. The van der Waals surface area contributed by atoms with E-state index in [9.17, 15) is 0 Å². The first-order chi connectivity index (χ1) is 10.3. The highest BCUT2D eigenvalue weighted by Crippen LogP contribution is 2.21. The SMILES string of the molecule is CCCCCCCOC=C(C)c1ccc2ccccc2c1. The molecule has 1 heteroatoms. The van der Waals surface area contributed by atoms with Gasteiger partial charge in [-0.05, 0) is 41.3 Å². The van der Waals surface area contributed by atoms with Crippen molar-refractivity contribution in [1.29, 1.82) is 0 Å². The molecule has 0 N–H and O–H groups in total. The average Bonchev–Trinajstić information content (AvgIpc) is 2.53. The van der Waals surface area contributed by atoms with Crippen LogP contribution in [0.15, 0.2) is 48.7 Å². The first kappa shape index (κ1) is 15.6. The number of allylic oxidation sites excluding steroid dienone is 1. The molecule has 0 radical (unpaired) electrons. The van der Waals surface area contributed by atoms with Gasteiger partial charge in [-0.25, -0.2) is 0 Å². The van der Waals surface area contributed by atoms with Gasteiger partial charge in [-0.2, -0.15) is 0 Å². The maximum absolute atomic E-state index is 5.68. The van der Waals surface area contributed by atoms with E-state index in [-0.39, 0.29) is 0 Å². The van der Waals surface area contributed by atoms with E-state index in [0.29, 0.717) is 0 Å². The third-order valence-electron chi connectivity index (χ3n) is 3.83. The third-order valence-corrected chi connectivity index (χ3v) is 3.83. The van der Waals surface area contributed by atoms with Crippen LogP contribution in [0.1, 0.15) is 51.5 Å². The molecule has 0 aliphatic rings. The molecule has 2 rings (SSSR count). The van der Waals surface area contributed by atoms with E-state index in [2.05, 4.69) is 56.3 Å². The predicted molar refractivity (Wildman–Crippen MR) is 92.3 cm³/mol. The Balaban J connectivity index is 1.86. The molecule has 1 nitrogen and oxygen atoms in total. The highest BCUT2D eigenvalue weighted by Gasteiger charge is 1.98. The van der Waals surface area contributed by atoms with Crippen LogP contribution in [-0.4, -0.2) is 6.61 Å². The van der Waals surface area contributed by atoms with Crippen molar-refractivity contribution in [2.45, 2.75) is 46.0 Å². The lowest BCUT2D eigenvalue weighted by Crippen LogP contribution is -1.89. The smallest absolute Gasteiger partial charge is 0.0873 e. The van der Waals surface area contributed by atoms with Crippen molar-refractivity contribution in [3.05, 3.63) is 54.3 Å². The van der Waals surface area contributed by atoms with Gasteiger partial charge in [0.1, 0.15) is 0 Å². The number of hydrogen-bond acceptors (Lipinski definition) is 1. The Labute approximate surface area is 128 Å². The minimum absolute atomic E-state index is 0.828. The van der Waals surface area contributed by atoms with E-state index in [1.165, 1.54) is 47.6 Å². The molecule has 112 valence electrons. The molecule has 0 saturated carbocycles. The van der Waals surface area contributed by atoms with Crippen molar-refractivity contribution in [2.75, 3.05) is 6.61 Å². The quantitative estimate of drug-likeness (QED) is 0.414. The van der Waals surface area contributed by atoms with Gasteiger partial charge in [0.25, 0.3) is 0 Å². The van der Waals surface area contributed by atoms with Crippen LogP contribution in [0.4, 0.5) is 0 Å². The lowest BCUT2D eigenvalue weighted by atomic mass is 10.0. The van der Waals surface area contributed by atoms with E-state index in [0.717, 1.165) is 13.0 Å². The molecule has 2 aromatic carbocycles. The van der Waals surface area contributed by atoms with Gasteiger partial charge in [0.2, 0.25) is 0 Å². The molecule has 0 saturated heterocycles. The summed E-state index contributed by atoms with van der Waals surface area (Å²) in [4.78, 5) is 0. The van der Waals surface area contributed by atoms with Gasteiger partial charge >= 0.3 is 0 Å². The van der Waals surface area contributed by atoms with Crippen LogP contribution in [0.25, 0.3) is 16.3 Å². The largest absolute Gasteiger partial charge is 0.501 e. The van der Waals surface area contributed by atoms with Crippen molar-refractivity contribution in [3.8, 4) is 0 Å². The fraction of sp³-hybridized carbons (Fsp3) is 0.400. The highest BCUT2D eigenvalue weighted by molar-refractivity contribution is 5.85. The number of rotatable bonds is 8. The van der Waals surface area contributed by atoms with Crippen LogP contribution in [0, 0.1) is 0 Å². The summed E-state index contributed by atoms with van der Waals surface area (Å²) in [5.41, 5.74) is 2.42.